The molecule has 2 aliphatic rings. The van der Waals surface area contributed by atoms with E-state index in [9.17, 15) is 0 Å². The van der Waals surface area contributed by atoms with Gasteiger partial charge in [-0.1, -0.05) is 40.0 Å². The van der Waals surface area contributed by atoms with Gasteiger partial charge in [-0.3, -0.25) is 4.90 Å². The fourth-order valence-corrected chi connectivity index (χ4v) is 3.76. The molecule has 2 rings (SSSR count). The number of rotatable bonds is 4. The zero-order chi connectivity index (χ0) is 12.3. The summed E-state index contributed by atoms with van der Waals surface area (Å²) < 4.78 is 0. The zero-order valence-electron chi connectivity index (χ0n) is 12.0. The fraction of sp³-hybridized carbons (Fsp3) is 1.00. The maximum Gasteiger partial charge on any atom is 0.0309 e. The van der Waals surface area contributed by atoms with Crippen LogP contribution in [0.4, 0.5) is 0 Å². The van der Waals surface area contributed by atoms with Crippen molar-refractivity contribution in [2.45, 2.75) is 70.9 Å². The smallest absolute Gasteiger partial charge is 0.0309 e. The van der Waals surface area contributed by atoms with Crippen molar-refractivity contribution >= 4 is 0 Å². The van der Waals surface area contributed by atoms with Gasteiger partial charge >= 0.3 is 0 Å². The molecular weight excluding hydrogens is 208 g/mol. The van der Waals surface area contributed by atoms with Crippen LogP contribution in [0.5, 0.6) is 0 Å². The van der Waals surface area contributed by atoms with E-state index in [0.717, 1.165) is 12.0 Å². The Kier molecular flexibility index (Phi) is 4.48. The van der Waals surface area contributed by atoms with Gasteiger partial charge in [-0.25, -0.2) is 0 Å². The number of piperazine rings is 1. The van der Waals surface area contributed by atoms with E-state index in [1.807, 2.05) is 0 Å². The Labute approximate surface area is 107 Å². The summed E-state index contributed by atoms with van der Waals surface area (Å²) in [6.07, 6.45) is 8.27. The Morgan fingerprint density at radius 2 is 2.00 bits per heavy atom. The van der Waals surface area contributed by atoms with Gasteiger partial charge in [0.1, 0.15) is 0 Å². The molecule has 0 aromatic rings. The van der Waals surface area contributed by atoms with Gasteiger partial charge in [-0.05, 0) is 31.7 Å². The van der Waals surface area contributed by atoms with Gasteiger partial charge in [0.2, 0.25) is 0 Å². The van der Waals surface area contributed by atoms with Crippen LogP contribution in [0.2, 0.25) is 0 Å². The van der Waals surface area contributed by atoms with Crippen molar-refractivity contribution in [1.29, 1.82) is 0 Å². The number of hydrogen-bond acceptors (Lipinski definition) is 2. The molecule has 17 heavy (non-hydrogen) atoms. The molecule has 2 atom stereocenters. The molecule has 0 bridgehead atoms. The molecule has 1 saturated carbocycles. The molecule has 2 nitrogen and oxygen atoms in total. The molecule has 2 heteroatoms. The van der Waals surface area contributed by atoms with Crippen molar-refractivity contribution in [3.05, 3.63) is 0 Å². The van der Waals surface area contributed by atoms with E-state index in [0.29, 0.717) is 5.54 Å². The SMILES string of the molecule is CCCN1CC2(CCCC2)NCC1C(C)CC. The first kappa shape index (κ1) is 13.4. The second-order valence-electron chi connectivity index (χ2n) is 6.29. The fourth-order valence-electron chi connectivity index (χ4n) is 3.76. The standard InChI is InChI=1S/C15H30N2/c1-4-10-17-12-15(8-6-7-9-15)16-11-14(17)13(3)5-2/h13-14,16H,4-12H2,1-3H3. The molecular formula is C15H30N2. The summed E-state index contributed by atoms with van der Waals surface area (Å²) in [5.41, 5.74) is 0.485. The maximum atomic E-state index is 3.91. The normalized spacial score (nSPS) is 30.9. The van der Waals surface area contributed by atoms with Gasteiger partial charge < -0.3 is 5.32 Å². The molecule has 0 aromatic carbocycles. The van der Waals surface area contributed by atoms with Crippen molar-refractivity contribution in [3.8, 4) is 0 Å². The molecule has 0 amide bonds. The largest absolute Gasteiger partial charge is 0.308 e. The van der Waals surface area contributed by atoms with Crippen LogP contribution in [0.3, 0.4) is 0 Å². The topological polar surface area (TPSA) is 15.3 Å². The number of nitrogens with one attached hydrogen (secondary N) is 1. The van der Waals surface area contributed by atoms with Gasteiger partial charge in [0.05, 0.1) is 0 Å². The van der Waals surface area contributed by atoms with E-state index in [1.165, 1.54) is 58.2 Å². The molecule has 1 aliphatic heterocycles. The average molecular weight is 238 g/mol. The molecule has 1 aliphatic carbocycles. The van der Waals surface area contributed by atoms with Gasteiger partial charge in [-0.15, -0.1) is 0 Å². The van der Waals surface area contributed by atoms with Crippen LogP contribution in [0.1, 0.15) is 59.3 Å². The zero-order valence-corrected chi connectivity index (χ0v) is 12.0. The van der Waals surface area contributed by atoms with Crippen LogP contribution in [-0.2, 0) is 0 Å². The second kappa shape index (κ2) is 5.71. The Balaban J connectivity index is 2.02. The Morgan fingerprint density at radius 3 is 2.59 bits per heavy atom. The lowest BCUT2D eigenvalue weighted by molar-refractivity contribution is 0.0520. The van der Waals surface area contributed by atoms with Gasteiger partial charge in [-0.2, -0.15) is 0 Å². The number of hydrogen-bond donors (Lipinski definition) is 1. The highest BCUT2D eigenvalue weighted by atomic mass is 15.3. The lowest BCUT2D eigenvalue weighted by atomic mass is 9.87. The van der Waals surface area contributed by atoms with Crippen molar-refractivity contribution in [2.75, 3.05) is 19.6 Å². The quantitative estimate of drug-likeness (QED) is 0.810. The highest BCUT2D eigenvalue weighted by molar-refractivity contribution is 5.01. The molecule has 1 N–H and O–H groups in total. The summed E-state index contributed by atoms with van der Waals surface area (Å²) in [7, 11) is 0. The molecule has 0 radical (unpaired) electrons. The van der Waals surface area contributed by atoms with Gasteiger partial charge in [0, 0.05) is 24.7 Å². The summed E-state index contributed by atoms with van der Waals surface area (Å²) in [6, 6.07) is 0.770. The van der Waals surface area contributed by atoms with Crippen LogP contribution < -0.4 is 5.32 Å². The predicted octanol–water partition coefficient (Wildman–Crippen LogP) is 3.03. The van der Waals surface area contributed by atoms with Crippen molar-refractivity contribution < 1.29 is 0 Å². The van der Waals surface area contributed by atoms with E-state index >= 15 is 0 Å². The predicted molar refractivity (Wildman–Crippen MR) is 74.3 cm³/mol. The van der Waals surface area contributed by atoms with E-state index < -0.39 is 0 Å². The van der Waals surface area contributed by atoms with Crippen molar-refractivity contribution in [3.63, 3.8) is 0 Å². The first-order valence-electron chi connectivity index (χ1n) is 7.70. The monoisotopic (exact) mass is 238 g/mol. The summed E-state index contributed by atoms with van der Waals surface area (Å²) in [6.45, 7) is 10.9. The average Bonchev–Trinajstić information content (AvgIpc) is 2.77. The Morgan fingerprint density at radius 1 is 1.29 bits per heavy atom. The lowest BCUT2D eigenvalue weighted by Gasteiger charge is -2.48. The van der Waals surface area contributed by atoms with Crippen LogP contribution in [0, 0.1) is 5.92 Å². The molecule has 0 aromatic heterocycles. The van der Waals surface area contributed by atoms with Crippen LogP contribution in [0.15, 0.2) is 0 Å². The maximum absolute atomic E-state index is 3.91. The van der Waals surface area contributed by atoms with E-state index in [1.54, 1.807) is 0 Å². The lowest BCUT2D eigenvalue weighted by Crippen LogP contribution is -2.64. The minimum absolute atomic E-state index is 0.485. The molecule has 1 saturated heterocycles. The third kappa shape index (κ3) is 2.85. The van der Waals surface area contributed by atoms with Crippen LogP contribution in [-0.4, -0.2) is 36.1 Å². The van der Waals surface area contributed by atoms with E-state index in [2.05, 4.69) is 31.0 Å². The Bertz CT molecular complexity index is 233. The highest BCUT2D eigenvalue weighted by Crippen LogP contribution is 2.34. The van der Waals surface area contributed by atoms with Crippen molar-refractivity contribution in [2.24, 2.45) is 5.92 Å². The summed E-state index contributed by atoms with van der Waals surface area (Å²) >= 11 is 0. The third-order valence-corrected chi connectivity index (χ3v) is 5.03. The summed E-state index contributed by atoms with van der Waals surface area (Å²) in [5, 5.41) is 3.91. The molecule has 1 spiro atoms. The summed E-state index contributed by atoms with van der Waals surface area (Å²) in [4.78, 5) is 2.79. The molecule has 1 heterocycles. The van der Waals surface area contributed by atoms with Gasteiger partial charge in [0.25, 0.3) is 0 Å². The van der Waals surface area contributed by atoms with Crippen LogP contribution in [0.25, 0.3) is 0 Å². The number of nitrogens with zero attached hydrogens (tertiary/aromatic N) is 1. The first-order valence-corrected chi connectivity index (χ1v) is 7.70. The minimum Gasteiger partial charge on any atom is -0.308 e. The van der Waals surface area contributed by atoms with Gasteiger partial charge in [0.15, 0.2) is 0 Å². The van der Waals surface area contributed by atoms with E-state index in [4.69, 9.17) is 0 Å². The summed E-state index contributed by atoms with van der Waals surface area (Å²) in [5.74, 6) is 0.827. The molecule has 2 unspecified atom stereocenters. The van der Waals surface area contributed by atoms with Crippen molar-refractivity contribution in [1.82, 2.24) is 10.2 Å². The Hall–Kier alpha value is -0.0800. The minimum atomic E-state index is 0.485. The third-order valence-electron chi connectivity index (χ3n) is 5.03. The van der Waals surface area contributed by atoms with E-state index in [-0.39, 0.29) is 0 Å². The van der Waals surface area contributed by atoms with Crippen LogP contribution >= 0.6 is 0 Å². The second-order valence-corrected chi connectivity index (χ2v) is 6.29. The first-order chi connectivity index (χ1) is 8.21. The highest BCUT2D eigenvalue weighted by Gasteiger charge is 2.41. The molecule has 2 fully saturated rings. The molecule has 100 valence electrons.